The van der Waals surface area contributed by atoms with Gasteiger partial charge in [-0.25, -0.2) is 4.99 Å². The van der Waals surface area contributed by atoms with Crippen molar-refractivity contribution < 1.29 is 14.2 Å². The molecule has 1 fully saturated rings. The van der Waals surface area contributed by atoms with Gasteiger partial charge >= 0.3 is 0 Å². The molecule has 2 N–H and O–H groups in total. The number of nitrogens with one attached hydrogen (secondary N) is 2. The monoisotopic (exact) mass is 426 g/mol. The summed E-state index contributed by atoms with van der Waals surface area (Å²) in [4.78, 5) is 7.22. The number of rotatable bonds is 10. The first-order chi connectivity index (χ1) is 15.3. The van der Waals surface area contributed by atoms with Crippen LogP contribution < -0.4 is 20.1 Å². The summed E-state index contributed by atoms with van der Waals surface area (Å²) in [5.41, 5.74) is 2.58. The number of guanidine groups is 1. The standard InChI is InChI=1S/C24H34N4O3/c1-3-25-24(26-12-15-31-23-10-8-22(29-2)9-11-23)27-18-20-6-4-5-7-21(20)19-28-13-16-30-17-14-28/h4-11H,3,12-19H2,1-2H3,(H2,25,26,27). The van der Waals surface area contributed by atoms with E-state index < -0.39 is 0 Å². The molecule has 1 aliphatic rings. The minimum atomic E-state index is 0.546. The molecule has 1 aliphatic heterocycles. The van der Waals surface area contributed by atoms with Crippen LogP contribution in [0.3, 0.4) is 0 Å². The Morgan fingerprint density at radius 1 is 1.00 bits per heavy atom. The summed E-state index contributed by atoms with van der Waals surface area (Å²) in [6, 6.07) is 16.1. The Bertz CT molecular complexity index is 805. The van der Waals surface area contributed by atoms with E-state index in [-0.39, 0.29) is 0 Å². The Kier molecular flexibility index (Phi) is 9.47. The van der Waals surface area contributed by atoms with Crippen LogP contribution in [0.4, 0.5) is 0 Å². The zero-order valence-corrected chi connectivity index (χ0v) is 18.6. The lowest BCUT2D eigenvalue weighted by Crippen LogP contribution is -2.39. The predicted octanol–water partition coefficient (Wildman–Crippen LogP) is 2.66. The second-order valence-electron chi connectivity index (χ2n) is 7.30. The lowest BCUT2D eigenvalue weighted by molar-refractivity contribution is 0.0341. The van der Waals surface area contributed by atoms with Crippen LogP contribution in [0.2, 0.25) is 0 Å². The van der Waals surface area contributed by atoms with Crippen molar-refractivity contribution in [2.75, 3.05) is 53.1 Å². The molecule has 7 nitrogen and oxygen atoms in total. The first-order valence-corrected chi connectivity index (χ1v) is 10.9. The van der Waals surface area contributed by atoms with Crippen molar-refractivity contribution in [2.24, 2.45) is 4.99 Å². The van der Waals surface area contributed by atoms with Crippen molar-refractivity contribution in [2.45, 2.75) is 20.0 Å². The first-order valence-electron chi connectivity index (χ1n) is 10.9. The third-order valence-electron chi connectivity index (χ3n) is 5.09. The summed E-state index contributed by atoms with van der Waals surface area (Å²) in [7, 11) is 1.66. The highest BCUT2D eigenvalue weighted by atomic mass is 16.5. The Morgan fingerprint density at radius 3 is 2.42 bits per heavy atom. The topological polar surface area (TPSA) is 67.4 Å². The first kappa shape index (κ1) is 22.9. The molecule has 1 heterocycles. The summed E-state index contributed by atoms with van der Waals surface area (Å²) >= 11 is 0. The summed E-state index contributed by atoms with van der Waals surface area (Å²) < 4.78 is 16.4. The Balaban J connectivity index is 1.50. The highest BCUT2D eigenvalue weighted by Gasteiger charge is 2.12. The molecular weight excluding hydrogens is 392 g/mol. The number of methoxy groups -OCH3 is 1. The van der Waals surface area contributed by atoms with Crippen LogP contribution in [0.15, 0.2) is 53.5 Å². The van der Waals surface area contributed by atoms with Crippen LogP contribution in [0.5, 0.6) is 11.5 Å². The molecule has 0 radical (unpaired) electrons. The number of nitrogens with zero attached hydrogens (tertiary/aromatic N) is 2. The van der Waals surface area contributed by atoms with Gasteiger partial charge in [-0.15, -0.1) is 0 Å². The van der Waals surface area contributed by atoms with Crippen molar-refractivity contribution >= 4 is 5.96 Å². The van der Waals surface area contributed by atoms with Gasteiger partial charge in [0.05, 0.1) is 33.4 Å². The Morgan fingerprint density at radius 2 is 1.71 bits per heavy atom. The maximum absolute atomic E-state index is 5.78. The quantitative estimate of drug-likeness (QED) is 0.346. The molecule has 0 atom stereocenters. The molecule has 0 amide bonds. The molecule has 168 valence electrons. The molecule has 0 aliphatic carbocycles. The second kappa shape index (κ2) is 12.8. The number of hydrogen-bond acceptors (Lipinski definition) is 5. The van der Waals surface area contributed by atoms with Crippen molar-refractivity contribution in [3.63, 3.8) is 0 Å². The van der Waals surface area contributed by atoms with E-state index in [0.29, 0.717) is 19.7 Å². The molecule has 0 bridgehead atoms. The summed E-state index contributed by atoms with van der Waals surface area (Å²) in [6.07, 6.45) is 0. The van der Waals surface area contributed by atoms with Crippen LogP contribution in [-0.4, -0.2) is 64.0 Å². The van der Waals surface area contributed by atoms with Crippen molar-refractivity contribution in [1.82, 2.24) is 15.5 Å². The molecule has 7 heteroatoms. The molecule has 0 spiro atoms. The van der Waals surface area contributed by atoms with Crippen molar-refractivity contribution in [3.05, 3.63) is 59.7 Å². The van der Waals surface area contributed by atoms with Gasteiger partial charge in [-0.1, -0.05) is 24.3 Å². The van der Waals surface area contributed by atoms with Gasteiger partial charge in [-0.3, -0.25) is 4.90 Å². The van der Waals surface area contributed by atoms with Gasteiger partial charge in [-0.2, -0.15) is 0 Å². The zero-order valence-electron chi connectivity index (χ0n) is 18.6. The summed E-state index contributed by atoms with van der Waals surface area (Å²) in [6.45, 7) is 9.24. The fraction of sp³-hybridized carbons (Fsp3) is 0.458. The smallest absolute Gasteiger partial charge is 0.191 e. The highest BCUT2D eigenvalue weighted by molar-refractivity contribution is 5.79. The van der Waals surface area contributed by atoms with Gasteiger partial charge in [0, 0.05) is 26.2 Å². The van der Waals surface area contributed by atoms with Crippen LogP contribution in [0, 0.1) is 0 Å². The van der Waals surface area contributed by atoms with Gasteiger partial charge in [0.2, 0.25) is 0 Å². The second-order valence-corrected chi connectivity index (χ2v) is 7.30. The van der Waals surface area contributed by atoms with Gasteiger partial charge in [-0.05, 0) is 42.3 Å². The summed E-state index contributed by atoms with van der Waals surface area (Å²) in [5, 5.41) is 6.65. The van der Waals surface area contributed by atoms with E-state index in [1.807, 2.05) is 24.3 Å². The largest absolute Gasteiger partial charge is 0.497 e. The number of morpholine rings is 1. The number of hydrogen-bond donors (Lipinski definition) is 2. The highest BCUT2D eigenvalue weighted by Crippen LogP contribution is 2.17. The van der Waals surface area contributed by atoms with Crippen LogP contribution in [-0.2, 0) is 17.8 Å². The van der Waals surface area contributed by atoms with Crippen LogP contribution >= 0.6 is 0 Å². The van der Waals surface area contributed by atoms with Crippen molar-refractivity contribution in [3.8, 4) is 11.5 Å². The van der Waals surface area contributed by atoms with E-state index in [1.54, 1.807) is 7.11 Å². The van der Waals surface area contributed by atoms with E-state index in [9.17, 15) is 0 Å². The molecule has 31 heavy (non-hydrogen) atoms. The minimum absolute atomic E-state index is 0.546. The molecule has 0 aromatic heterocycles. The Hall–Kier alpha value is -2.77. The fourth-order valence-corrected chi connectivity index (χ4v) is 3.38. The van der Waals surface area contributed by atoms with E-state index in [4.69, 9.17) is 19.2 Å². The van der Waals surface area contributed by atoms with E-state index >= 15 is 0 Å². The number of ether oxygens (including phenoxy) is 3. The van der Waals surface area contributed by atoms with Crippen molar-refractivity contribution in [1.29, 1.82) is 0 Å². The van der Waals surface area contributed by atoms with Gasteiger partial charge in [0.1, 0.15) is 18.1 Å². The molecule has 2 aromatic rings. The zero-order chi connectivity index (χ0) is 21.7. The lowest BCUT2D eigenvalue weighted by atomic mass is 10.1. The number of aliphatic imine (C=N–C) groups is 1. The third kappa shape index (κ3) is 7.77. The lowest BCUT2D eigenvalue weighted by Gasteiger charge is -2.27. The van der Waals surface area contributed by atoms with E-state index in [1.165, 1.54) is 11.1 Å². The number of benzene rings is 2. The minimum Gasteiger partial charge on any atom is -0.497 e. The van der Waals surface area contributed by atoms with E-state index in [0.717, 1.165) is 56.9 Å². The third-order valence-corrected chi connectivity index (χ3v) is 5.09. The van der Waals surface area contributed by atoms with Gasteiger partial charge < -0.3 is 24.8 Å². The van der Waals surface area contributed by atoms with Crippen LogP contribution in [0.25, 0.3) is 0 Å². The molecule has 0 saturated carbocycles. The SMILES string of the molecule is CCNC(=NCc1ccccc1CN1CCOCC1)NCCOc1ccc(OC)cc1. The fourth-order valence-electron chi connectivity index (χ4n) is 3.38. The predicted molar refractivity (Wildman–Crippen MR) is 124 cm³/mol. The Labute approximate surface area is 185 Å². The summed E-state index contributed by atoms with van der Waals surface area (Å²) in [5.74, 6) is 2.43. The van der Waals surface area contributed by atoms with Crippen LogP contribution in [0.1, 0.15) is 18.1 Å². The average Bonchev–Trinajstić information content (AvgIpc) is 2.82. The van der Waals surface area contributed by atoms with Gasteiger partial charge in [0.15, 0.2) is 5.96 Å². The molecule has 0 unspecified atom stereocenters. The molecule has 1 saturated heterocycles. The molecule has 2 aromatic carbocycles. The maximum atomic E-state index is 5.78. The van der Waals surface area contributed by atoms with E-state index in [2.05, 4.69) is 46.7 Å². The average molecular weight is 427 g/mol. The molecule has 3 rings (SSSR count). The van der Waals surface area contributed by atoms with Gasteiger partial charge in [0.25, 0.3) is 0 Å². The maximum Gasteiger partial charge on any atom is 0.191 e. The normalized spacial score (nSPS) is 14.8. The molecular formula is C24H34N4O3.